The highest BCUT2D eigenvalue weighted by molar-refractivity contribution is 9.10. The van der Waals surface area contributed by atoms with Crippen LogP contribution in [0, 0.1) is 13.8 Å². The van der Waals surface area contributed by atoms with Crippen LogP contribution in [0.5, 0.6) is 0 Å². The lowest BCUT2D eigenvalue weighted by atomic mass is 10.0. The Morgan fingerprint density at radius 1 is 1.21 bits per heavy atom. The Hall–Kier alpha value is -2.21. The fourth-order valence-electron chi connectivity index (χ4n) is 2.14. The number of pyridine rings is 1. The number of esters is 1. The molecule has 1 aromatic heterocycles. The normalized spacial score (nSPS) is 11.7. The standard InChI is InChI=1S/C18H19BrN2O3/c1-11-4-5-14(6-12(11)2)13(3)21-17(22)10-24-18(23)15-7-16(19)9-20-8-15/h4-9,13H,10H2,1-3H3,(H,21,22)/t13-/m1/s1. The van der Waals surface area contributed by atoms with Crippen LogP contribution in [-0.2, 0) is 9.53 Å². The number of amides is 1. The van der Waals surface area contributed by atoms with Crippen molar-refractivity contribution < 1.29 is 14.3 Å². The van der Waals surface area contributed by atoms with E-state index in [4.69, 9.17) is 4.74 Å². The van der Waals surface area contributed by atoms with E-state index in [1.54, 1.807) is 12.3 Å². The summed E-state index contributed by atoms with van der Waals surface area (Å²) in [5.41, 5.74) is 3.67. The fourth-order valence-corrected chi connectivity index (χ4v) is 2.50. The van der Waals surface area contributed by atoms with E-state index in [1.165, 1.54) is 17.3 Å². The Morgan fingerprint density at radius 2 is 1.96 bits per heavy atom. The molecule has 0 saturated heterocycles. The molecule has 0 aliphatic heterocycles. The number of hydrogen-bond acceptors (Lipinski definition) is 4. The van der Waals surface area contributed by atoms with Crippen molar-refractivity contribution in [3.8, 4) is 0 Å². The van der Waals surface area contributed by atoms with Gasteiger partial charge in [0.1, 0.15) is 0 Å². The maximum absolute atomic E-state index is 12.0. The van der Waals surface area contributed by atoms with Gasteiger partial charge in [0, 0.05) is 16.9 Å². The molecule has 0 aliphatic rings. The van der Waals surface area contributed by atoms with Crippen molar-refractivity contribution in [2.75, 3.05) is 6.61 Å². The second-order valence-corrected chi connectivity index (χ2v) is 6.52. The third-order valence-electron chi connectivity index (χ3n) is 3.68. The number of ether oxygens (including phenoxy) is 1. The van der Waals surface area contributed by atoms with Gasteiger partial charge in [0.05, 0.1) is 11.6 Å². The van der Waals surface area contributed by atoms with Crippen molar-refractivity contribution in [1.82, 2.24) is 10.3 Å². The van der Waals surface area contributed by atoms with Crippen molar-refractivity contribution in [3.05, 3.63) is 63.4 Å². The molecule has 1 aromatic carbocycles. The Morgan fingerprint density at radius 3 is 2.62 bits per heavy atom. The van der Waals surface area contributed by atoms with Crippen LogP contribution in [0.4, 0.5) is 0 Å². The average Bonchev–Trinajstić information content (AvgIpc) is 2.55. The number of benzene rings is 1. The van der Waals surface area contributed by atoms with E-state index in [-0.39, 0.29) is 18.6 Å². The number of nitrogens with zero attached hydrogens (tertiary/aromatic N) is 1. The molecule has 1 N–H and O–H groups in total. The molecule has 1 atom stereocenters. The highest BCUT2D eigenvalue weighted by Gasteiger charge is 2.14. The molecule has 2 aromatic rings. The lowest BCUT2D eigenvalue weighted by Crippen LogP contribution is -2.31. The van der Waals surface area contributed by atoms with E-state index in [0.29, 0.717) is 10.0 Å². The van der Waals surface area contributed by atoms with Crippen molar-refractivity contribution in [1.29, 1.82) is 0 Å². The Labute approximate surface area is 149 Å². The molecule has 0 saturated carbocycles. The number of hydrogen-bond donors (Lipinski definition) is 1. The number of carbonyl (C=O) groups excluding carboxylic acids is 2. The minimum Gasteiger partial charge on any atom is -0.452 e. The molecule has 0 radical (unpaired) electrons. The summed E-state index contributed by atoms with van der Waals surface area (Å²) < 4.78 is 5.68. The number of nitrogens with one attached hydrogen (secondary N) is 1. The molecule has 0 spiro atoms. The zero-order valence-electron chi connectivity index (χ0n) is 13.8. The molecular formula is C18H19BrN2O3. The summed E-state index contributed by atoms with van der Waals surface area (Å²) in [6, 6.07) is 7.47. The molecular weight excluding hydrogens is 372 g/mol. The largest absolute Gasteiger partial charge is 0.452 e. The smallest absolute Gasteiger partial charge is 0.340 e. The van der Waals surface area contributed by atoms with E-state index in [9.17, 15) is 9.59 Å². The third-order valence-corrected chi connectivity index (χ3v) is 4.12. The molecule has 126 valence electrons. The molecule has 6 heteroatoms. The number of halogens is 1. The topological polar surface area (TPSA) is 68.3 Å². The van der Waals surface area contributed by atoms with Gasteiger partial charge in [0.25, 0.3) is 5.91 Å². The molecule has 1 heterocycles. The zero-order chi connectivity index (χ0) is 17.7. The summed E-state index contributed by atoms with van der Waals surface area (Å²) in [5.74, 6) is -0.935. The first-order chi connectivity index (χ1) is 11.4. The summed E-state index contributed by atoms with van der Waals surface area (Å²) >= 11 is 3.23. The van der Waals surface area contributed by atoms with Crippen molar-refractivity contribution in [2.45, 2.75) is 26.8 Å². The van der Waals surface area contributed by atoms with Crippen LogP contribution >= 0.6 is 15.9 Å². The van der Waals surface area contributed by atoms with Gasteiger partial charge in [-0.3, -0.25) is 9.78 Å². The van der Waals surface area contributed by atoms with Crippen molar-refractivity contribution in [3.63, 3.8) is 0 Å². The highest BCUT2D eigenvalue weighted by Crippen LogP contribution is 2.16. The quantitative estimate of drug-likeness (QED) is 0.793. The maximum Gasteiger partial charge on any atom is 0.340 e. The Balaban J connectivity index is 1.88. The van der Waals surface area contributed by atoms with Gasteiger partial charge in [-0.1, -0.05) is 18.2 Å². The summed E-state index contributed by atoms with van der Waals surface area (Å²) in [4.78, 5) is 27.7. The van der Waals surface area contributed by atoms with E-state index in [1.807, 2.05) is 39.0 Å². The lowest BCUT2D eigenvalue weighted by molar-refractivity contribution is -0.124. The molecule has 1 amide bonds. The molecule has 0 unspecified atom stereocenters. The zero-order valence-corrected chi connectivity index (χ0v) is 15.4. The summed E-state index contributed by atoms with van der Waals surface area (Å²) in [6.07, 6.45) is 2.96. The number of rotatable bonds is 5. The van der Waals surface area contributed by atoms with Gasteiger partial charge in [-0.05, 0) is 59.5 Å². The first-order valence-corrected chi connectivity index (χ1v) is 8.30. The van der Waals surface area contributed by atoms with Crippen LogP contribution in [0.25, 0.3) is 0 Å². The second-order valence-electron chi connectivity index (χ2n) is 5.60. The first kappa shape index (κ1) is 18.1. The third kappa shape index (κ3) is 4.89. The fraction of sp³-hybridized carbons (Fsp3) is 0.278. The van der Waals surface area contributed by atoms with Gasteiger partial charge in [-0.25, -0.2) is 4.79 Å². The second kappa shape index (κ2) is 8.06. The molecule has 0 fully saturated rings. The van der Waals surface area contributed by atoms with E-state index >= 15 is 0 Å². The lowest BCUT2D eigenvalue weighted by Gasteiger charge is -2.15. The first-order valence-electron chi connectivity index (χ1n) is 7.51. The monoisotopic (exact) mass is 390 g/mol. The molecule has 24 heavy (non-hydrogen) atoms. The molecule has 0 aliphatic carbocycles. The van der Waals surface area contributed by atoms with E-state index in [2.05, 4.69) is 26.2 Å². The van der Waals surface area contributed by atoms with E-state index in [0.717, 1.165) is 5.56 Å². The van der Waals surface area contributed by atoms with Crippen LogP contribution in [0.3, 0.4) is 0 Å². The summed E-state index contributed by atoms with van der Waals surface area (Å²) in [7, 11) is 0. The number of aromatic nitrogens is 1. The van der Waals surface area contributed by atoms with Crippen molar-refractivity contribution >= 4 is 27.8 Å². The minimum atomic E-state index is -0.585. The van der Waals surface area contributed by atoms with Crippen LogP contribution in [0.2, 0.25) is 0 Å². The van der Waals surface area contributed by atoms with Gasteiger partial charge in [-0.2, -0.15) is 0 Å². The predicted octanol–water partition coefficient (Wildman–Crippen LogP) is 3.50. The van der Waals surface area contributed by atoms with Gasteiger partial charge in [-0.15, -0.1) is 0 Å². The van der Waals surface area contributed by atoms with E-state index < -0.39 is 5.97 Å². The van der Waals surface area contributed by atoms with Crippen LogP contribution in [0.1, 0.15) is 40.0 Å². The SMILES string of the molecule is Cc1ccc([C@@H](C)NC(=O)COC(=O)c2cncc(Br)c2)cc1C. The molecule has 0 bridgehead atoms. The van der Waals surface area contributed by atoms with Gasteiger partial charge >= 0.3 is 5.97 Å². The van der Waals surface area contributed by atoms with Gasteiger partial charge in [0.15, 0.2) is 6.61 Å². The predicted molar refractivity (Wildman–Crippen MR) is 94.7 cm³/mol. The summed E-state index contributed by atoms with van der Waals surface area (Å²) in [5, 5.41) is 2.82. The Kier molecular flexibility index (Phi) is 6.09. The van der Waals surface area contributed by atoms with Crippen molar-refractivity contribution in [2.24, 2.45) is 0 Å². The maximum atomic E-state index is 12.0. The molecule has 5 nitrogen and oxygen atoms in total. The van der Waals surface area contributed by atoms with Gasteiger partial charge in [0.2, 0.25) is 0 Å². The minimum absolute atomic E-state index is 0.164. The Bertz CT molecular complexity index is 762. The average molecular weight is 391 g/mol. The molecule has 2 rings (SSSR count). The van der Waals surface area contributed by atoms with Gasteiger partial charge < -0.3 is 10.1 Å². The number of carbonyl (C=O) groups is 2. The highest BCUT2D eigenvalue weighted by atomic mass is 79.9. The van der Waals surface area contributed by atoms with Crippen LogP contribution in [0.15, 0.2) is 41.1 Å². The summed E-state index contributed by atoms with van der Waals surface area (Å²) in [6.45, 7) is 5.63. The van der Waals surface area contributed by atoms with Crippen LogP contribution < -0.4 is 5.32 Å². The van der Waals surface area contributed by atoms with Crippen LogP contribution in [-0.4, -0.2) is 23.5 Å². The number of aryl methyl sites for hydroxylation is 2.